The molecule has 39 heavy (non-hydrogen) atoms. The van der Waals surface area contributed by atoms with Crippen molar-refractivity contribution in [1.82, 2.24) is 20.1 Å². The Hall–Kier alpha value is -3.45. The van der Waals surface area contributed by atoms with Crippen molar-refractivity contribution in [1.29, 1.82) is 0 Å². The Morgan fingerprint density at radius 1 is 0.949 bits per heavy atom. The van der Waals surface area contributed by atoms with Crippen LogP contribution < -0.4 is 16.2 Å². The van der Waals surface area contributed by atoms with E-state index in [2.05, 4.69) is 15.5 Å². The van der Waals surface area contributed by atoms with E-state index in [1.165, 1.54) is 12.8 Å². The van der Waals surface area contributed by atoms with E-state index in [0.717, 1.165) is 68.4 Å². The molecule has 0 spiro atoms. The maximum absolute atomic E-state index is 13.5. The monoisotopic (exact) mass is 526 g/mol. The number of amides is 2. The highest BCUT2D eigenvalue weighted by Crippen LogP contribution is 2.32. The van der Waals surface area contributed by atoms with Gasteiger partial charge in [-0.15, -0.1) is 0 Å². The smallest absolute Gasteiger partial charge is 0.258 e. The van der Waals surface area contributed by atoms with Gasteiger partial charge >= 0.3 is 0 Å². The molecule has 2 amide bonds. The average Bonchev–Trinajstić information content (AvgIpc) is 3.88. The number of nitrogens with zero attached hydrogens (tertiary/aromatic N) is 2. The lowest BCUT2D eigenvalue weighted by Gasteiger charge is -2.16. The summed E-state index contributed by atoms with van der Waals surface area (Å²) in [5, 5.41) is 7.40. The van der Waals surface area contributed by atoms with Crippen LogP contribution >= 0.6 is 0 Å². The fraction of sp³-hybridized carbons (Fsp3) is 0.469. The SMILES string of the molecule is Cc1ccc(C(=O)NC2CC2)cc1-c1ccc2c(=O)n(CC3CC3)cc(C(=O)NCCCN3CCCC3)c2c1. The van der Waals surface area contributed by atoms with Gasteiger partial charge in [0.2, 0.25) is 0 Å². The summed E-state index contributed by atoms with van der Waals surface area (Å²) < 4.78 is 1.73. The van der Waals surface area contributed by atoms with Crippen molar-refractivity contribution < 1.29 is 9.59 Å². The van der Waals surface area contributed by atoms with Crippen LogP contribution in [0.25, 0.3) is 21.9 Å². The van der Waals surface area contributed by atoms with Crippen LogP contribution in [0.2, 0.25) is 0 Å². The van der Waals surface area contributed by atoms with E-state index in [1.807, 2.05) is 43.3 Å². The third-order valence-corrected chi connectivity index (χ3v) is 8.34. The first-order chi connectivity index (χ1) is 19.0. The quantitative estimate of drug-likeness (QED) is 0.381. The van der Waals surface area contributed by atoms with E-state index in [-0.39, 0.29) is 23.4 Å². The fourth-order valence-electron chi connectivity index (χ4n) is 5.63. The molecule has 1 aliphatic heterocycles. The number of aromatic nitrogens is 1. The number of nitrogens with one attached hydrogen (secondary N) is 2. The van der Waals surface area contributed by atoms with Crippen molar-refractivity contribution in [2.75, 3.05) is 26.2 Å². The number of pyridine rings is 1. The van der Waals surface area contributed by atoms with Crippen LogP contribution in [0.5, 0.6) is 0 Å². The highest BCUT2D eigenvalue weighted by atomic mass is 16.2. The summed E-state index contributed by atoms with van der Waals surface area (Å²) >= 11 is 0. The van der Waals surface area contributed by atoms with Gasteiger partial charge in [-0.3, -0.25) is 14.4 Å². The number of rotatable bonds is 10. The topological polar surface area (TPSA) is 83.4 Å². The number of carbonyl (C=O) groups excluding carboxylic acids is 2. The molecule has 2 N–H and O–H groups in total. The molecule has 2 aromatic carbocycles. The van der Waals surface area contributed by atoms with Gasteiger partial charge in [-0.05, 0) is 118 Å². The second kappa shape index (κ2) is 11.0. The zero-order chi connectivity index (χ0) is 26.9. The van der Waals surface area contributed by atoms with Crippen molar-refractivity contribution in [3.8, 4) is 11.1 Å². The first-order valence-electron chi connectivity index (χ1n) is 14.6. The predicted octanol–water partition coefficient (Wildman–Crippen LogP) is 4.49. The van der Waals surface area contributed by atoms with Crippen molar-refractivity contribution in [3.63, 3.8) is 0 Å². The first kappa shape index (κ1) is 25.8. The van der Waals surface area contributed by atoms with Gasteiger partial charge < -0.3 is 20.1 Å². The highest BCUT2D eigenvalue weighted by molar-refractivity contribution is 6.07. The Bertz CT molecular complexity index is 1460. The molecule has 6 rings (SSSR count). The molecule has 3 aliphatic rings. The minimum Gasteiger partial charge on any atom is -0.352 e. The summed E-state index contributed by atoms with van der Waals surface area (Å²) in [5.74, 6) is 0.317. The molecule has 3 fully saturated rings. The maximum atomic E-state index is 13.5. The standard InChI is InChI=1S/C32H38N4O3/c1-21-5-8-24(30(37)34-25-10-11-25)18-27(21)23-9-12-26-28(17-23)29(20-36(32(26)39)19-22-6-7-22)31(38)33-13-4-16-35-14-2-3-15-35/h5,8-9,12,17-18,20,22,25H,2-4,6-7,10-11,13-16,19H2,1H3,(H,33,38)(H,34,37). The number of hydrogen-bond acceptors (Lipinski definition) is 4. The normalized spacial score (nSPS) is 17.5. The largest absolute Gasteiger partial charge is 0.352 e. The zero-order valence-corrected chi connectivity index (χ0v) is 22.8. The Kier molecular flexibility index (Phi) is 7.26. The fourth-order valence-corrected chi connectivity index (χ4v) is 5.63. The number of aryl methyl sites for hydroxylation is 1. The van der Waals surface area contributed by atoms with Crippen molar-refractivity contribution in [2.45, 2.75) is 64.5 Å². The Balaban J connectivity index is 1.31. The van der Waals surface area contributed by atoms with E-state index >= 15 is 0 Å². The molecule has 204 valence electrons. The van der Waals surface area contributed by atoms with Crippen LogP contribution in [0.1, 0.15) is 71.2 Å². The van der Waals surface area contributed by atoms with Gasteiger partial charge in [0, 0.05) is 41.7 Å². The van der Waals surface area contributed by atoms with Crippen LogP contribution in [0.15, 0.2) is 47.4 Å². The van der Waals surface area contributed by atoms with Gasteiger partial charge in [-0.25, -0.2) is 0 Å². The van der Waals surface area contributed by atoms with Crippen LogP contribution in [-0.2, 0) is 6.54 Å². The summed E-state index contributed by atoms with van der Waals surface area (Å²) in [6.45, 7) is 6.57. The van der Waals surface area contributed by atoms with Gasteiger partial charge in [0.05, 0.1) is 5.56 Å². The number of likely N-dealkylation sites (tertiary alicyclic amines) is 1. The lowest BCUT2D eigenvalue weighted by atomic mass is 9.94. The molecule has 1 aromatic heterocycles. The summed E-state index contributed by atoms with van der Waals surface area (Å²) in [5.41, 5.74) is 3.96. The summed E-state index contributed by atoms with van der Waals surface area (Å²) in [4.78, 5) is 42.1. The van der Waals surface area contributed by atoms with E-state index in [0.29, 0.717) is 40.9 Å². The van der Waals surface area contributed by atoms with Crippen molar-refractivity contribution in [2.24, 2.45) is 5.92 Å². The zero-order valence-electron chi connectivity index (χ0n) is 22.8. The van der Waals surface area contributed by atoms with Crippen LogP contribution in [0.4, 0.5) is 0 Å². The molecule has 2 aliphatic carbocycles. The van der Waals surface area contributed by atoms with E-state index < -0.39 is 0 Å². The van der Waals surface area contributed by atoms with Crippen LogP contribution in [0.3, 0.4) is 0 Å². The second-order valence-electron chi connectivity index (χ2n) is 11.6. The summed E-state index contributed by atoms with van der Waals surface area (Å²) in [6.07, 6.45) is 9.53. The van der Waals surface area contributed by atoms with Gasteiger partial charge in [-0.2, -0.15) is 0 Å². The van der Waals surface area contributed by atoms with Crippen molar-refractivity contribution in [3.05, 3.63) is 69.6 Å². The molecule has 0 atom stereocenters. The third kappa shape index (κ3) is 5.93. The minimum absolute atomic E-state index is 0.0525. The highest BCUT2D eigenvalue weighted by Gasteiger charge is 2.25. The van der Waals surface area contributed by atoms with E-state index in [1.54, 1.807) is 10.8 Å². The molecular formula is C32H38N4O3. The average molecular weight is 527 g/mol. The molecule has 7 nitrogen and oxygen atoms in total. The van der Waals surface area contributed by atoms with Crippen LogP contribution in [-0.4, -0.2) is 53.5 Å². The van der Waals surface area contributed by atoms with Crippen LogP contribution in [0, 0.1) is 12.8 Å². The lowest BCUT2D eigenvalue weighted by molar-refractivity contribution is 0.0943. The second-order valence-corrected chi connectivity index (χ2v) is 11.6. The molecule has 2 saturated carbocycles. The molecule has 1 saturated heterocycles. The molecule has 3 aromatic rings. The number of carbonyl (C=O) groups is 2. The van der Waals surface area contributed by atoms with Gasteiger partial charge in [0.1, 0.15) is 0 Å². The van der Waals surface area contributed by atoms with Crippen molar-refractivity contribution >= 4 is 22.6 Å². The summed E-state index contributed by atoms with van der Waals surface area (Å²) in [6, 6.07) is 11.8. The first-order valence-corrected chi connectivity index (χ1v) is 14.6. The Morgan fingerprint density at radius 3 is 2.49 bits per heavy atom. The van der Waals surface area contributed by atoms with Gasteiger partial charge in [-0.1, -0.05) is 12.1 Å². The molecule has 0 bridgehead atoms. The Labute approximate surface area is 229 Å². The van der Waals surface area contributed by atoms with E-state index in [4.69, 9.17) is 0 Å². The molecule has 0 unspecified atom stereocenters. The minimum atomic E-state index is -0.141. The molecular weight excluding hydrogens is 488 g/mol. The third-order valence-electron chi connectivity index (χ3n) is 8.34. The summed E-state index contributed by atoms with van der Waals surface area (Å²) in [7, 11) is 0. The van der Waals surface area contributed by atoms with E-state index in [9.17, 15) is 14.4 Å². The Morgan fingerprint density at radius 2 is 1.74 bits per heavy atom. The maximum Gasteiger partial charge on any atom is 0.258 e. The lowest BCUT2D eigenvalue weighted by Crippen LogP contribution is -2.30. The number of fused-ring (bicyclic) bond motifs is 1. The number of hydrogen-bond donors (Lipinski definition) is 2. The van der Waals surface area contributed by atoms with Gasteiger partial charge in [0.25, 0.3) is 17.4 Å². The number of benzene rings is 2. The molecule has 2 heterocycles. The van der Waals surface area contributed by atoms with Gasteiger partial charge in [0.15, 0.2) is 0 Å². The molecule has 0 radical (unpaired) electrons. The predicted molar refractivity (Wildman–Crippen MR) is 154 cm³/mol. The molecule has 7 heteroatoms.